The van der Waals surface area contributed by atoms with Crippen LogP contribution < -0.4 is 10.6 Å². The number of anilines is 2. The zero-order chi connectivity index (χ0) is 14.4. The molecule has 4 nitrogen and oxygen atoms in total. The van der Waals surface area contributed by atoms with Gasteiger partial charge in [-0.3, -0.25) is 4.79 Å². The van der Waals surface area contributed by atoms with Crippen molar-refractivity contribution in [1.82, 2.24) is 0 Å². The van der Waals surface area contributed by atoms with Crippen molar-refractivity contribution in [1.29, 1.82) is 0 Å². The number of nitrogen functional groups attached to an aromatic ring is 1. The molecule has 1 amide bonds. The quantitative estimate of drug-likeness (QED) is 0.810. The fraction of sp³-hybridized carbons (Fsp3) is 0.312. The molecule has 0 spiro atoms. The molecule has 1 aliphatic rings. The Bertz CT molecular complexity index is 701. The van der Waals surface area contributed by atoms with Crippen LogP contribution in [0.5, 0.6) is 0 Å². The topological polar surface area (TPSA) is 59.5 Å². The number of nitrogens with two attached hydrogens (primary N) is 1. The molecule has 1 aromatic carbocycles. The second kappa shape index (κ2) is 4.40. The van der Waals surface area contributed by atoms with Crippen LogP contribution in [-0.4, -0.2) is 12.5 Å². The highest BCUT2D eigenvalue weighted by Crippen LogP contribution is 2.33. The molecule has 0 saturated carbocycles. The number of carbonyl (C=O) groups excluding carboxylic acids is 1. The normalized spacial score (nSPS) is 13.7. The lowest BCUT2D eigenvalue weighted by atomic mass is 10.1. The summed E-state index contributed by atoms with van der Waals surface area (Å²) in [6.07, 6.45) is 0.873. The molecule has 0 unspecified atom stereocenters. The van der Waals surface area contributed by atoms with Crippen molar-refractivity contribution in [2.24, 2.45) is 0 Å². The molecule has 0 aliphatic carbocycles. The van der Waals surface area contributed by atoms with Crippen molar-refractivity contribution in [3.8, 4) is 0 Å². The summed E-state index contributed by atoms with van der Waals surface area (Å²) in [5.74, 6) is 1.41. The summed E-state index contributed by atoms with van der Waals surface area (Å²) >= 11 is 0. The van der Waals surface area contributed by atoms with Gasteiger partial charge in [-0.1, -0.05) is 6.07 Å². The molecule has 20 heavy (non-hydrogen) atoms. The van der Waals surface area contributed by atoms with E-state index in [1.807, 2.05) is 26.8 Å². The van der Waals surface area contributed by atoms with E-state index in [9.17, 15) is 4.79 Å². The zero-order valence-electron chi connectivity index (χ0n) is 12.0. The summed E-state index contributed by atoms with van der Waals surface area (Å²) in [7, 11) is 0. The average Bonchev–Trinajstić information content (AvgIpc) is 2.93. The lowest BCUT2D eigenvalue weighted by molar-refractivity contribution is 0.0988. The van der Waals surface area contributed by atoms with Crippen LogP contribution in [0.15, 0.2) is 22.6 Å². The highest BCUT2D eigenvalue weighted by Gasteiger charge is 2.28. The molecule has 2 aromatic rings. The standard InChI is InChI=1S/C16H18N2O2/c1-9-6-12-4-5-18(15(12)8-14(9)17)16(19)13-7-10(2)20-11(13)3/h6-8H,4-5,17H2,1-3H3. The van der Waals surface area contributed by atoms with Crippen molar-refractivity contribution < 1.29 is 9.21 Å². The second-order valence-corrected chi connectivity index (χ2v) is 5.37. The smallest absolute Gasteiger partial charge is 0.261 e. The molecule has 104 valence electrons. The fourth-order valence-electron chi connectivity index (χ4n) is 2.78. The maximum absolute atomic E-state index is 12.7. The minimum Gasteiger partial charge on any atom is -0.466 e. The molecule has 0 saturated heterocycles. The molecule has 1 aromatic heterocycles. The number of amides is 1. The highest BCUT2D eigenvalue weighted by molar-refractivity contribution is 6.08. The van der Waals surface area contributed by atoms with Gasteiger partial charge in [0.15, 0.2) is 0 Å². The van der Waals surface area contributed by atoms with Crippen LogP contribution in [0.2, 0.25) is 0 Å². The first-order valence-corrected chi connectivity index (χ1v) is 6.75. The molecule has 3 rings (SSSR count). The molecule has 2 N–H and O–H groups in total. The Morgan fingerprint density at radius 3 is 2.65 bits per heavy atom. The Labute approximate surface area is 118 Å². The van der Waals surface area contributed by atoms with Gasteiger partial charge in [0, 0.05) is 17.9 Å². The summed E-state index contributed by atoms with van der Waals surface area (Å²) in [5, 5.41) is 0. The number of furan rings is 1. The number of fused-ring (bicyclic) bond motifs is 1. The van der Waals surface area contributed by atoms with Gasteiger partial charge < -0.3 is 15.1 Å². The Balaban J connectivity index is 2.01. The van der Waals surface area contributed by atoms with E-state index in [0.29, 0.717) is 17.9 Å². The van der Waals surface area contributed by atoms with Crippen LogP contribution in [0, 0.1) is 20.8 Å². The largest absolute Gasteiger partial charge is 0.466 e. The van der Waals surface area contributed by atoms with Crippen molar-refractivity contribution in [3.63, 3.8) is 0 Å². The third kappa shape index (κ3) is 1.88. The van der Waals surface area contributed by atoms with E-state index in [2.05, 4.69) is 6.07 Å². The maximum Gasteiger partial charge on any atom is 0.261 e. The van der Waals surface area contributed by atoms with Gasteiger partial charge in [-0.05, 0) is 50.5 Å². The Kier molecular flexibility index (Phi) is 2.82. The van der Waals surface area contributed by atoms with Gasteiger partial charge in [0.1, 0.15) is 11.5 Å². The van der Waals surface area contributed by atoms with Crippen molar-refractivity contribution in [3.05, 3.63) is 46.4 Å². The van der Waals surface area contributed by atoms with Crippen LogP contribution >= 0.6 is 0 Å². The molecule has 0 atom stereocenters. The number of carbonyl (C=O) groups is 1. The summed E-state index contributed by atoms with van der Waals surface area (Å²) in [6, 6.07) is 5.77. The Hall–Kier alpha value is -2.23. The fourth-order valence-corrected chi connectivity index (χ4v) is 2.78. The Morgan fingerprint density at radius 1 is 1.25 bits per heavy atom. The second-order valence-electron chi connectivity index (χ2n) is 5.37. The summed E-state index contributed by atoms with van der Waals surface area (Å²) in [5.41, 5.74) is 10.5. The van der Waals surface area contributed by atoms with Gasteiger partial charge in [0.2, 0.25) is 0 Å². The molecule has 1 aliphatic heterocycles. The van der Waals surface area contributed by atoms with Crippen LogP contribution in [0.1, 0.15) is 33.0 Å². The minimum atomic E-state index is -0.0126. The molecular weight excluding hydrogens is 252 g/mol. The molecule has 0 fully saturated rings. The lowest BCUT2D eigenvalue weighted by Gasteiger charge is -2.17. The first-order chi connectivity index (χ1) is 9.47. The SMILES string of the molecule is Cc1cc(C(=O)N2CCc3cc(C)c(N)cc32)c(C)o1. The number of hydrogen-bond donors (Lipinski definition) is 1. The van der Waals surface area contributed by atoms with Crippen LogP contribution in [0.3, 0.4) is 0 Å². The van der Waals surface area contributed by atoms with Gasteiger partial charge >= 0.3 is 0 Å². The molecule has 0 bridgehead atoms. The molecule has 2 heterocycles. The first kappa shape index (κ1) is 12.8. The first-order valence-electron chi connectivity index (χ1n) is 6.75. The van der Waals surface area contributed by atoms with Gasteiger partial charge in [-0.2, -0.15) is 0 Å². The van der Waals surface area contributed by atoms with Crippen molar-refractivity contribution >= 4 is 17.3 Å². The number of rotatable bonds is 1. The molecule has 4 heteroatoms. The predicted molar refractivity (Wildman–Crippen MR) is 79.2 cm³/mol. The summed E-state index contributed by atoms with van der Waals surface area (Å²) in [6.45, 7) is 6.36. The van der Waals surface area contributed by atoms with Crippen LogP contribution in [-0.2, 0) is 6.42 Å². The van der Waals surface area contributed by atoms with E-state index in [4.69, 9.17) is 10.2 Å². The van der Waals surface area contributed by atoms with Crippen molar-refractivity contribution in [2.45, 2.75) is 27.2 Å². The van der Waals surface area contributed by atoms with Gasteiger partial charge in [0.25, 0.3) is 5.91 Å². The highest BCUT2D eigenvalue weighted by atomic mass is 16.3. The van der Waals surface area contributed by atoms with E-state index in [1.54, 1.807) is 11.0 Å². The van der Waals surface area contributed by atoms with Gasteiger partial charge in [-0.25, -0.2) is 0 Å². The maximum atomic E-state index is 12.7. The third-order valence-corrected chi connectivity index (χ3v) is 3.88. The average molecular weight is 270 g/mol. The summed E-state index contributed by atoms with van der Waals surface area (Å²) < 4.78 is 5.45. The van der Waals surface area contributed by atoms with E-state index < -0.39 is 0 Å². The lowest BCUT2D eigenvalue weighted by Crippen LogP contribution is -2.29. The Morgan fingerprint density at radius 2 is 2.00 bits per heavy atom. The monoisotopic (exact) mass is 270 g/mol. The number of nitrogens with zero attached hydrogens (tertiary/aromatic N) is 1. The predicted octanol–water partition coefficient (Wildman–Crippen LogP) is 2.99. The molecular formula is C16H18N2O2. The van der Waals surface area contributed by atoms with Crippen LogP contribution in [0.4, 0.5) is 11.4 Å². The van der Waals surface area contributed by atoms with Crippen LogP contribution in [0.25, 0.3) is 0 Å². The van der Waals surface area contributed by atoms with E-state index >= 15 is 0 Å². The minimum absolute atomic E-state index is 0.0126. The molecule has 0 radical (unpaired) electrons. The number of benzene rings is 1. The van der Waals surface area contributed by atoms with Gasteiger partial charge in [0.05, 0.1) is 5.56 Å². The third-order valence-electron chi connectivity index (χ3n) is 3.88. The zero-order valence-corrected chi connectivity index (χ0v) is 12.0. The van der Waals surface area contributed by atoms with E-state index in [0.717, 1.165) is 29.1 Å². The van der Waals surface area contributed by atoms with E-state index in [1.165, 1.54) is 5.56 Å². The summed E-state index contributed by atoms with van der Waals surface area (Å²) in [4.78, 5) is 14.5. The number of aryl methyl sites for hydroxylation is 3. The van der Waals surface area contributed by atoms with Crippen molar-refractivity contribution in [2.75, 3.05) is 17.2 Å². The number of hydrogen-bond acceptors (Lipinski definition) is 3. The van der Waals surface area contributed by atoms with Gasteiger partial charge in [-0.15, -0.1) is 0 Å². The van der Waals surface area contributed by atoms with E-state index in [-0.39, 0.29) is 5.91 Å².